The maximum absolute atomic E-state index is 10.5. The number of carbonyl (C=O) groups excluding carboxylic acids is 1. The van der Waals surface area contributed by atoms with Gasteiger partial charge in [-0.3, -0.25) is 0 Å². The van der Waals surface area contributed by atoms with Gasteiger partial charge in [0, 0.05) is 13.7 Å². The minimum Gasteiger partial charge on any atom is -0.450 e. The van der Waals surface area contributed by atoms with Gasteiger partial charge in [0.1, 0.15) is 0 Å². The molecule has 0 saturated carbocycles. The Morgan fingerprint density at radius 3 is 2.58 bits per heavy atom. The van der Waals surface area contributed by atoms with Crippen LogP contribution in [-0.4, -0.2) is 31.5 Å². The second-order valence-electron chi connectivity index (χ2n) is 2.52. The van der Waals surface area contributed by atoms with Gasteiger partial charge in [0.2, 0.25) is 0 Å². The van der Waals surface area contributed by atoms with Gasteiger partial charge in [-0.05, 0) is 19.3 Å². The van der Waals surface area contributed by atoms with Crippen LogP contribution in [0, 0.1) is 0 Å². The molecule has 0 radical (unpaired) electrons. The van der Waals surface area contributed by atoms with Gasteiger partial charge in [-0.25, -0.2) is 4.79 Å². The van der Waals surface area contributed by atoms with E-state index in [0.29, 0.717) is 6.61 Å². The number of carbonyl (C=O) groups is 1. The van der Waals surface area contributed by atoms with Crippen LogP contribution in [-0.2, 0) is 4.74 Å². The Kier molecular flexibility index (Phi) is 7.79. The first-order valence-electron chi connectivity index (χ1n) is 4.26. The zero-order valence-electron chi connectivity index (χ0n) is 7.51. The molecule has 0 rings (SSSR count). The van der Waals surface area contributed by atoms with Crippen LogP contribution in [0.25, 0.3) is 0 Å². The molecule has 0 aromatic heterocycles. The molecule has 2 N–H and O–H groups in total. The van der Waals surface area contributed by atoms with Crippen LogP contribution in [0.4, 0.5) is 4.79 Å². The molecule has 0 aliphatic carbocycles. The summed E-state index contributed by atoms with van der Waals surface area (Å²) in [6.45, 7) is 0.710. The minimum atomic E-state index is -0.378. The maximum Gasteiger partial charge on any atom is 0.406 e. The van der Waals surface area contributed by atoms with Gasteiger partial charge < -0.3 is 15.2 Å². The normalized spacial score (nSPS) is 9.50. The fourth-order valence-corrected chi connectivity index (χ4v) is 0.804. The summed E-state index contributed by atoms with van der Waals surface area (Å²) in [5.74, 6) is 0. The molecule has 12 heavy (non-hydrogen) atoms. The molecular formula is C8H17NO3. The molecule has 0 fully saturated rings. The maximum atomic E-state index is 10.5. The minimum absolute atomic E-state index is 0.246. The van der Waals surface area contributed by atoms with E-state index in [-0.39, 0.29) is 12.7 Å². The molecule has 0 unspecified atom stereocenters. The van der Waals surface area contributed by atoms with E-state index in [1.54, 1.807) is 0 Å². The second kappa shape index (κ2) is 8.33. The van der Waals surface area contributed by atoms with Gasteiger partial charge in [0.05, 0.1) is 6.61 Å². The first-order chi connectivity index (χ1) is 5.81. The van der Waals surface area contributed by atoms with Crippen LogP contribution in [0.5, 0.6) is 0 Å². The molecule has 0 heterocycles. The number of nitrogens with one attached hydrogen (secondary N) is 1. The van der Waals surface area contributed by atoms with Crippen LogP contribution in [0.15, 0.2) is 0 Å². The Morgan fingerprint density at radius 1 is 1.33 bits per heavy atom. The van der Waals surface area contributed by atoms with E-state index in [1.165, 1.54) is 7.05 Å². The third-order valence-corrected chi connectivity index (χ3v) is 1.49. The van der Waals surface area contributed by atoms with Crippen molar-refractivity contribution in [2.75, 3.05) is 20.3 Å². The smallest absolute Gasteiger partial charge is 0.406 e. The largest absolute Gasteiger partial charge is 0.450 e. The summed E-state index contributed by atoms with van der Waals surface area (Å²) in [6, 6.07) is 0. The molecule has 0 aliphatic rings. The first kappa shape index (κ1) is 11.2. The lowest BCUT2D eigenvalue weighted by Crippen LogP contribution is -2.19. The highest BCUT2D eigenvalue weighted by Crippen LogP contribution is 1.98. The van der Waals surface area contributed by atoms with Crippen LogP contribution in [0.3, 0.4) is 0 Å². The summed E-state index contributed by atoms with van der Waals surface area (Å²) < 4.78 is 4.76. The van der Waals surface area contributed by atoms with E-state index in [2.05, 4.69) is 5.32 Å². The molecule has 0 bridgehead atoms. The standard InChI is InChI=1S/C8H17NO3/c1-9-8(11)12-7-5-3-2-4-6-10/h10H,2-7H2,1H3,(H,9,11). The predicted octanol–water partition coefficient (Wildman–Crippen LogP) is 0.895. The SMILES string of the molecule is CNC(=O)OCCCCCCO. The Bertz CT molecular complexity index is 117. The van der Waals surface area contributed by atoms with Crippen molar-refractivity contribution >= 4 is 6.09 Å². The zero-order valence-corrected chi connectivity index (χ0v) is 7.51. The molecule has 4 heteroatoms. The van der Waals surface area contributed by atoms with E-state index < -0.39 is 0 Å². The predicted molar refractivity (Wildman–Crippen MR) is 46.0 cm³/mol. The van der Waals surface area contributed by atoms with Crippen LogP contribution in [0.2, 0.25) is 0 Å². The highest BCUT2D eigenvalue weighted by Gasteiger charge is 1.95. The van der Waals surface area contributed by atoms with Crippen molar-refractivity contribution < 1.29 is 14.6 Å². The van der Waals surface area contributed by atoms with E-state index in [0.717, 1.165) is 25.7 Å². The Balaban J connectivity index is 2.95. The van der Waals surface area contributed by atoms with Gasteiger partial charge in [-0.2, -0.15) is 0 Å². The molecule has 1 amide bonds. The van der Waals surface area contributed by atoms with Crippen molar-refractivity contribution in [2.45, 2.75) is 25.7 Å². The van der Waals surface area contributed by atoms with Crippen molar-refractivity contribution in [1.29, 1.82) is 0 Å². The summed E-state index contributed by atoms with van der Waals surface area (Å²) in [5.41, 5.74) is 0. The summed E-state index contributed by atoms with van der Waals surface area (Å²) in [4.78, 5) is 10.5. The molecular weight excluding hydrogens is 158 g/mol. The first-order valence-corrected chi connectivity index (χ1v) is 4.26. The lowest BCUT2D eigenvalue weighted by atomic mass is 10.2. The second-order valence-corrected chi connectivity index (χ2v) is 2.52. The van der Waals surface area contributed by atoms with E-state index in [1.807, 2.05) is 0 Å². The summed E-state index contributed by atoms with van der Waals surface area (Å²) in [5, 5.41) is 10.8. The molecule has 72 valence electrons. The number of amides is 1. The number of ether oxygens (including phenoxy) is 1. The molecule has 0 atom stereocenters. The Labute approximate surface area is 72.9 Å². The topological polar surface area (TPSA) is 58.6 Å². The van der Waals surface area contributed by atoms with Gasteiger partial charge in [0.25, 0.3) is 0 Å². The van der Waals surface area contributed by atoms with E-state index >= 15 is 0 Å². The third-order valence-electron chi connectivity index (χ3n) is 1.49. The number of aliphatic hydroxyl groups excluding tert-OH is 1. The van der Waals surface area contributed by atoms with Gasteiger partial charge in [0.15, 0.2) is 0 Å². The van der Waals surface area contributed by atoms with E-state index in [4.69, 9.17) is 9.84 Å². The lowest BCUT2D eigenvalue weighted by molar-refractivity contribution is 0.146. The molecule has 0 aromatic rings. The zero-order chi connectivity index (χ0) is 9.23. The molecule has 0 spiro atoms. The van der Waals surface area contributed by atoms with Gasteiger partial charge >= 0.3 is 6.09 Å². The summed E-state index contributed by atoms with van der Waals surface area (Å²) >= 11 is 0. The Hall–Kier alpha value is -0.770. The van der Waals surface area contributed by atoms with Crippen molar-refractivity contribution in [2.24, 2.45) is 0 Å². The monoisotopic (exact) mass is 175 g/mol. The number of aliphatic hydroxyl groups is 1. The van der Waals surface area contributed by atoms with Crippen molar-refractivity contribution in [3.05, 3.63) is 0 Å². The molecule has 0 aromatic carbocycles. The number of rotatable bonds is 6. The highest BCUT2D eigenvalue weighted by molar-refractivity contribution is 5.66. The summed E-state index contributed by atoms with van der Waals surface area (Å²) in [6.07, 6.45) is 3.32. The van der Waals surface area contributed by atoms with Crippen molar-refractivity contribution in [1.82, 2.24) is 5.32 Å². The number of unbranched alkanes of at least 4 members (excludes halogenated alkanes) is 3. The van der Waals surface area contributed by atoms with Crippen molar-refractivity contribution in [3.8, 4) is 0 Å². The van der Waals surface area contributed by atoms with Crippen LogP contribution in [0.1, 0.15) is 25.7 Å². The van der Waals surface area contributed by atoms with E-state index in [9.17, 15) is 4.79 Å². The highest BCUT2D eigenvalue weighted by atomic mass is 16.5. The molecule has 0 saturated heterocycles. The average molecular weight is 175 g/mol. The number of hydrogen-bond acceptors (Lipinski definition) is 3. The molecule has 0 aliphatic heterocycles. The average Bonchev–Trinajstić information content (AvgIpc) is 2.10. The lowest BCUT2D eigenvalue weighted by Gasteiger charge is -2.02. The number of hydrogen-bond donors (Lipinski definition) is 2. The van der Waals surface area contributed by atoms with Crippen LogP contribution < -0.4 is 5.32 Å². The van der Waals surface area contributed by atoms with Gasteiger partial charge in [-0.15, -0.1) is 0 Å². The number of alkyl carbamates (subject to hydrolysis) is 1. The Morgan fingerprint density at radius 2 is 2.00 bits per heavy atom. The fourth-order valence-electron chi connectivity index (χ4n) is 0.804. The summed E-state index contributed by atoms with van der Waals surface area (Å²) in [7, 11) is 1.54. The molecule has 4 nitrogen and oxygen atoms in total. The quantitative estimate of drug-likeness (QED) is 0.589. The van der Waals surface area contributed by atoms with Crippen molar-refractivity contribution in [3.63, 3.8) is 0 Å². The van der Waals surface area contributed by atoms with Gasteiger partial charge in [-0.1, -0.05) is 6.42 Å². The third kappa shape index (κ3) is 7.34. The van der Waals surface area contributed by atoms with Crippen LogP contribution >= 0.6 is 0 Å². The fraction of sp³-hybridized carbons (Fsp3) is 0.875.